The van der Waals surface area contributed by atoms with E-state index in [-0.39, 0.29) is 5.82 Å². The molecule has 1 atom stereocenters. The van der Waals surface area contributed by atoms with Crippen LogP contribution in [0.4, 0.5) is 10.2 Å². The molecule has 0 bridgehead atoms. The van der Waals surface area contributed by atoms with Gasteiger partial charge in [0.15, 0.2) is 0 Å². The predicted molar refractivity (Wildman–Crippen MR) is 63.7 cm³/mol. The summed E-state index contributed by atoms with van der Waals surface area (Å²) in [6.45, 7) is 0. The number of aliphatic hydroxyl groups is 1. The van der Waals surface area contributed by atoms with Crippen molar-refractivity contribution in [3.05, 3.63) is 59.5 Å². The van der Waals surface area contributed by atoms with Gasteiger partial charge in [0, 0.05) is 12.6 Å². The number of pyridine rings is 1. The van der Waals surface area contributed by atoms with Crippen LogP contribution in [0.3, 0.4) is 0 Å². The van der Waals surface area contributed by atoms with Crippen LogP contribution in [0.25, 0.3) is 0 Å². The van der Waals surface area contributed by atoms with E-state index < -0.39 is 6.10 Å². The molecule has 0 saturated heterocycles. The molecule has 0 aliphatic rings. The van der Waals surface area contributed by atoms with Crippen molar-refractivity contribution >= 4 is 5.82 Å². The maximum atomic E-state index is 13.0. The van der Waals surface area contributed by atoms with Crippen LogP contribution in [0.5, 0.6) is 0 Å². The molecule has 0 aliphatic heterocycles. The quantitative estimate of drug-likeness (QED) is 0.851. The van der Waals surface area contributed by atoms with E-state index in [4.69, 9.17) is 5.73 Å². The molecule has 0 saturated carbocycles. The first-order chi connectivity index (χ1) is 8.16. The number of halogens is 1. The van der Waals surface area contributed by atoms with Gasteiger partial charge in [-0.15, -0.1) is 0 Å². The molecule has 0 amide bonds. The monoisotopic (exact) mass is 232 g/mol. The van der Waals surface area contributed by atoms with Gasteiger partial charge in [0.2, 0.25) is 0 Å². The van der Waals surface area contributed by atoms with Gasteiger partial charge in [-0.1, -0.05) is 18.2 Å². The molecular formula is C13H13FN2O. The Morgan fingerprint density at radius 2 is 2.12 bits per heavy atom. The van der Waals surface area contributed by atoms with Crippen LogP contribution in [0.1, 0.15) is 17.2 Å². The van der Waals surface area contributed by atoms with Crippen molar-refractivity contribution in [2.45, 2.75) is 12.5 Å². The summed E-state index contributed by atoms with van der Waals surface area (Å²) in [6.07, 6.45) is 1.13. The van der Waals surface area contributed by atoms with E-state index in [1.807, 2.05) is 0 Å². The molecule has 0 fully saturated rings. The highest BCUT2D eigenvalue weighted by atomic mass is 19.1. The molecule has 1 unspecified atom stereocenters. The molecule has 1 aromatic heterocycles. The van der Waals surface area contributed by atoms with E-state index in [2.05, 4.69) is 4.98 Å². The van der Waals surface area contributed by atoms with Crippen LogP contribution >= 0.6 is 0 Å². The smallest absolute Gasteiger partial charge is 0.126 e. The minimum Gasteiger partial charge on any atom is -0.388 e. The van der Waals surface area contributed by atoms with Crippen molar-refractivity contribution in [3.63, 3.8) is 0 Å². The topological polar surface area (TPSA) is 59.1 Å². The lowest BCUT2D eigenvalue weighted by atomic mass is 10.0. The van der Waals surface area contributed by atoms with Gasteiger partial charge in [-0.25, -0.2) is 9.37 Å². The number of hydrogen-bond donors (Lipinski definition) is 2. The lowest BCUT2D eigenvalue weighted by Gasteiger charge is -2.12. The van der Waals surface area contributed by atoms with Gasteiger partial charge in [-0.3, -0.25) is 0 Å². The Morgan fingerprint density at radius 3 is 2.82 bits per heavy atom. The van der Waals surface area contributed by atoms with Crippen LogP contribution in [-0.4, -0.2) is 10.1 Å². The highest BCUT2D eigenvalue weighted by Crippen LogP contribution is 2.20. The van der Waals surface area contributed by atoms with Gasteiger partial charge >= 0.3 is 0 Å². The zero-order valence-electron chi connectivity index (χ0n) is 9.18. The zero-order valence-corrected chi connectivity index (χ0v) is 9.18. The van der Waals surface area contributed by atoms with Gasteiger partial charge < -0.3 is 10.8 Å². The largest absolute Gasteiger partial charge is 0.388 e. The fourth-order valence-corrected chi connectivity index (χ4v) is 1.66. The molecule has 2 aromatic rings. The highest BCUT2D eigenvalue weighted by molar-refractivity contribution is 5.39. The number of benzene rings is 1. The summed E-state index contributed by atoms with van der Waals surface area (Å²) < 4.78 is 13.0. The Bertz CT molecular complexity index is 516. The second kappa shape index (κ2) is 4.93. The summed E-state index contributed by atoms with van der Waals surface area (Å²) in [5.41, 5.74) is 6.97. The second-order valence-corrected chi connectivity index (χ2v) is 3.82. The van der Waals surface area contributed by atoms with E-state index in [1.165, 1.54) is 12.1 Å². The summed E-state index contributed by atoms with van der Waals surface area (Å²) in [6, 6.07) is 9.46. The van der Waals surface area contributed by atoms with Crippen LogP contribution in [-0.2, 0) is 6.42 Å². The number of nitrogen functional groups attached to an aromatic ring is 1. The van der Waals surface area contributed by atoms with E-state index in [1.54, 1.807) is 30.5 Å². The third kappa shape index (κ3) is 2.79. The Hall–Kier alpha value is -1.94. The Morgan fingerprint density at radius 1 is 1.29 bits per heavy atom. The minimum atomic E-state index is -0.780. The fraction of sp³-hybridized carbons (Fsp3) is 0.154. The number of aliphatic hydroxyl groups excluding tert-OH is 1. The van der Waals surface area contributed by atoms with Gasteiger partial charge in [0.1, 0.15) is 11.6 Å². The summed E-state index contributed by atoms with van der Waals surface area (Å²) >= 11 is 0. The van der Waals surface area contributed by atoms with Gasteiger partial charge in [0.05, 0.1) is 6.10 Å². The van der Waals surface area contributed by atoms with E-state index in [9.17, 15) is 9.50 Å². The summed E-state index contributed by atoms with van der Waals surface area (Å²) in [5.74, 6) is 0.0312. The van der Waals surface area contributed by atoms with Crippen LogP contribution in [0.15, 0.2) is 42.6 Å². The standard InChI is InChI=1S/C13H13FN2O/c14-11-5-1-3-9(7-11)12(17)8-10-4-2-6-16-13(10)15/h1-7,12,17H,8H2,(H2,15,16). The van der Waals surface area contributed by atoms with E-state index in [0.29, 0.717) is 17.8 Å². The third-order valence-electron chi connectivity index (χ3n) is 2.57. The Kier molecular flexibility index (Phi) is 3.35. The number of nitrogens with zero attached hydrogens (tertiary/aromatic N) is 1. The fourth-order valence-electron chi connectivity index (χ4n) is 1.66. The lowest BCUT2D eigenvalue weighted by molar-refractivity contribution is 0.178. The number of aromatic nitrogens is 1. The van der Waals surface area contributed by atoms with Crippen LogP contribution < -0.4 is 5.73 Å². The number of hydrogen-bond acceptors (Lipinski definition) is 3. The molecular weight excluding hydrogens is 219 g/mol. The molecule has 88 valence electrons. The first kappa shape index (κ1) is 11.5. The SMILES string of the molecule is Nc1ncccc1CC(O)c1cccc(F)c1. The molecule has 4 heteroatoms. The molecule has 1 heterocycles. The van der Waals surface area contributed by atoms with Gasteiger partial charge in [-0.05, 0) is 29.3 Å². The molecule has 2 rings (SSSR count). The summed E-state index contributed by atoms with van der Waals surface area (Å²) in [7, 11) is 0. The molecule has 0 spiro atoms. The van der Waals surface area contributed by atoms with Crippen molar-refractivity contribution in [2.75, 3.05) is 5.73 Å². The van der Waals surface area contributed by atoms with Crippen molar-refractivity contribution < 1.29 is 9.50 Å². The third-order valence-corrected chi connectivity index (χ3v) is 2.57. The average molecular weight is 232 g/mol. The van der Waals surface area contributed by atoms with Crippen molar-refractivity contribution in [3.8, 4) is 0 Å². The first-order valence-electron chi connectivity index (χ1n) is 5.29. The van der Waals surface area contributed by atoms with Crippen LogP contribution in [0.2, 0.25) is 0 Å². The zero-order chi connectivity index (χ0) is 12.3. The molecule has 17 heavy (non-hydrogen) atoms. The number of nitrogens with two attached hydrogens (primary N) is 1. The van der Waals surface area contributed by atoms with Gasteiger partial charge in [-0.2, -0.15) is 0 Å². The maximum absolute atomic E-state index is 13.0. The highest BCUT2D eigenvalue weighted by Gasteiger charge is 2.11. The summed E-state index contributed by atoms with van der Waals surface area (Å²) in [4.78, 5) is 3.94. The first-order valence-corrected chi connectivity index (χ1v) is 5.29. The lowest BCUT2D eigenvalue weighted by Crippen LogP contribution is -2.05. The Labute approximate surface area is 98.7 Å². The van der Waals surface area contributed by atoms with E-state index >= 15 is 0 Å². The normalized spacial score (nSPS) is 12.4. The molecule has 3 nitrogen and oxygen atoms in total. The van der Waals surface area contributed by atoms with Gasteiger partial charge in [0.25, 0.3) is 0 Å². The maximum Gasteiger partial charge on any atom is 0.126 e. The molecule has 1 aromatic carbocycles. The molecule has 0 aliphatic carbocycles. The Balaban J connectivity index is 2.17. The average Bonchev–Trinajstić information content (AvgIpc) is 2.32. The molecule has 0 radical (unpaired) electrons. The van der Waals surface area contributed by atoms with Crippen molar-refractivity contribution in [2.24, 2.45) is 0 Å². The second-order valence-electron chi connectivity index (χ2n) is 3.82. The minimum absolute atomic E-state index is 0.323. The van der Waals surface area contributed by atoms with Crippen LogP contribution in [0, 0.1) is 5.82 Å². The van der Waals surface area contributed by atoms with Crippen molar-refractivity contribution in [1.29, 1.82) is 0 Å². The number of rotatable bonds is 3. The van der Waals surface area contributed by atoms with Crippen molar-refractivity contribution in [1.82, 2.24) is 4.98 Å². The molecule has 3 N–H and O–H groups in total. The predicted octanol–water partition coefficient (Wildman–Crippen LogP) is 2.08. The van der Waals surface area contributed by atoms with E-state index in [0.717, 1.165) is 5.56 Å². The summed E-state index contributed by atoms with van der Waals surface area (Å²) in [5, 5.41) is 9.97. The number of anilines is 1.